The average Bonchev–Trinajstić information content (AvgIpc) is 3.61. The van der Waals surface area contributed by atoms with Crippen LogP contribution in [0.1, 0.15) is 118 Å². The maximum atomic E-state index is 3.57. The molecule has 254 valence electrons. The van der Waals surface area contributed by atoms with Crippen molar-refractivity contribution in [2.75, 3.05) is 0 Å². The van der Waals surface area contributed by atoms with E-state index in [1.807, 2.05) is 30.3 Å². The van der Waals surface area contributed by atoms with Gasteiger partial charge < -0.3 is 6.92 Å². The molecule has 0 N–H and O–H groups in total. The van der Waals surface area contributed by atoms with E-state index >= 15 is 0 Å². The van der Waals surface area contributed by atoms with E-state index in [1.54, 1.807) is 6.92 Å². The van der Waals surface area contributed by atoms with Gasteiger partial charge in [-0.1, -0.05) is 135 Å². The molecule has 0 nitrogen and oxygen atoms in total. The number of hydrogen-bond donors (Lipinski definition) is 0. The van der Waals surface area contributed by atoms with E-state index in [2.05, 4.69) is 142 Å². The molecule has 0 bridgehead atoms. The van der Waals surface area contributed by atoms with Gasteiger partial charge in [-0.3, -0.25) is 6.08 Å². The van der Waals surface area contributed by atoms with Gasteiger partial charge in [-0.25, -0.2) is 5.57 Å². The molecule has 1 unspecified atom stereocenters. The normalized spacial score (nSPS) is 14.1. The van der Waals surface area contributed by atoms with Gasteiger partial charge >= 0.3 is 28.4 Å². The van der Waals surface area contributed by atoms with Crippen molar-refractivity contribution in [3.8, 4) is 11.1 Å². The Morgan fingerprint density at radius 3 is 1.72 bits per heavy atom. The van der Waals surface area contributed by atoms with Crippen molar-refractivity contribution in [3.05, 3.63) is 125 Å². The summed E-state index contributed by atoms with van der Waals surface area (Å²) in [4.78, 5) is 0. The molecule has 0 saturated heterocycles. The standard InChI is InChI=1S/C21H25.C13H21.C6H5.C2H5.CH2.2ClH.Zr/c1-20(2,3)16-9-7-14-11-15-8-10-17(21(4,5)6)13-19(15)18(14)12-16;1-6-10-8-11(7-2)12(9-10)13(3,4)5;1-2-4-6-5-3-1;1-2;;;;/h7,9-10,12-13H,11H2,1-6H3;9-10H,6-7H2,1-5H3;1-5H;1H2,2H3;1H2;2*1H;/q4*-1;;;;. The average molecular weight is 739 g/mol. The van der Waals surface area contributed by atoms with Gasteiger partial charge in [0.25, 0.3) is 0 Å². The van der Waals surface area contributed by atoms with Gasteiger partial charge in [0.2, 0.25) is 0 Å². The van der Waals surface area contributed by atoms with E-state index in [4.69, 9.17) is 0 Å². The first-order chi connectivity index (χ1) is 20.6. The van der Waals surface area contributed by atoms with Crippen LogP contribution >= 0.6 is 24.8 Å². The third-order valence-corrected chi connectivity index (χ3v) is 7.79. The van der Waals surface area contributed by atoms with Crippen molar-refractivity contribution in [3.63, 3.8) is 0 Å². The van der Waals surface area contributed by atoms with Crippen LogP contribution in [0.4, 0.5) is 0 Å². The van der Waals surface area contributed by atoms with Crippen LogP contribution in [0.3, 0.4) is 0 Å². The first-order valence-electron chi connectivity index (χ1n) is 16.2. The molecule has 46 heavy (non-hydrogen) atoms. The Hall–Kier alpha value is -1.53. The van der Waals surface area contributed by atoms with E-state index < -0.39 is 0 Å². The molecule has 3 heteroatoms. The van der Waals surface area contributed by atoms with Crippen molar-refractivity contribution in [1.82, 2.24) is 0 Å². The zero-order valence-corrected chi connectivity index (χ0v) is 34.9. The summed E-state index contributed by atoms with van der Waals surface area (Å²) in [5.41, 5.74) is 12.0. The minimum atomic E-state index is 0. The molecule has 0 aromatic heterocycles. The maximum Gasteiger partial charge on any atom is -0.171 e. The summed E-state index contributed by atoms with van der Waals surface area (Å²) in [6, 6.07) is 27.6. The van der Waals surface area contributed by atoms with Gasteiger partial charge in [-0.15, -0.1) is 30.4 Å². The Kier molecular flexibility index (Phi) is 21.7. The molecule has 0 radical (unpaired) electrons. The molecular formula is C43H60Cl2Zr-4. The van der Waals surface area contributed by atoms with E-state index in [0.29, 0.717) is 11.3 Å². The molecule has 1 atom stereocenters. The largest absolute Gasteiger partial charge is 0.184 e. The van der Waals surface area contributed by atoms with E-state index in [9.17, 15) is 0 Å². The number of halogens is 2. The van der Waals surface area contributed by atoms with Crippen LogP contribution in [-0.2, 0) is 41.5 Å². The summed E-state index contributed by atoms with van der Waals surface area (Å²) in [6.07, 6.45) is 9.31. The van der Waals surface area contributed by atoms with Crippen molar-refractivity contribution in [1.29, 1.82) is 0 Å². The predicted molar refractivity (Wildman–Crippen MR) is 207 cm³/mol. The molecule has 3 aromatic carbocycles. The van der Waals surface area contributed by atoms with E-state index in [-0.39, 0.29) is 35.6 Å². The molecule has 0 aliphatic heterocycles. The Balaban J connectivity index is 0. The number of fused-ring (bicyclic) bond motifs is 3. The molecule has 0 saturated carbocycles. The van der Waals surface area contributed by atoms with E-state index in [0.717, 1.165) is 12.8 Å². The topological polar surface area (TPSA) is 0 Å². The van der Waals surface area contributed by atoms with Crippen LogP contribution in [0.2, 0.25) is 0 Å². The smallest absolute Gasteiger partial charge is 0.171 e. The molecule has 3 aromatic rings. The fourth-order valence-corrected chi connectivity index (χ4v) is 5.19. The van der Waals surface area contributed by atoms with Crippen molar-refractivity contribution in [2.45, 2.75) is 113 Å². The molecule has 0 heterocycles. The number of rotatable bonds is 2. The van der Waals surface area contributed by atoms with Gasteiger partial charge in [0.15, 0.2) is 0 Å². The Morgan fingerprint density at radius 1 is 0.783 bits per heavy atom. The second-order valence-electron chi connectivity index (χ2n) is 14.2. The minimum absolute atomic E-state index is 0. The summed E-state index contributed by atoms with van der Waals surface area (Å²) in [5, 5.41) is 0. The number of hydrogen-bond acceptors (Lipinski definition) is 0. The summed E-state index contributed by atoms with van der Waals surface area (Å²) in [7, 11) is 0. The van der Waals surface area contributed by atoms with Crippen molar-refractivity contribution < 1.29 is 24.2 Å². The molecule has 0 amide bonds. The van der Waals surface area contributed by atoms with Crippen LogP contribution in [0, 0.1) is 36.5 Å². The molecule has 2 aliphatic carbocycles. The minimum Gasteiger partial charge on any atom is -0.184 e. The Morgan fingerprint density at radius 2 is 1.33 bits per heavy atom. The second-order valence-corrected chi connectivity index (χ2v) is 14.2. The van der Waals surface area contributed by atoms with Crippen LogP contribution in [0.15, 0.2) is 77.9 Å². The first-order valence-corrected chi connectivity index (χ1v) is 17.9. The first kappa shape index (κ1) is 46.6. The predicted octanol–water partition coefficient (Wildman–Crippen LogP) is 12.9. The zero-order chi connectivity index (χ0) is 33.7. The molecule has 0 spiro atoms. The third kappa shape index (κ3) is 13.9. The summed E-state index contributed by atoms with van der Waals surface area (Å²) < 4.78 is 3.34. The van der Waals surface area contributed by atoms with Crippen molar-refractivity contribution >= 4 is 29.0 Å². The van der Waals surface area contributed by atoms with Gasteiger partial charge in [-0.05, 0) is 17.4 Å². The summed E-state index contributed by atoms with van der Waals surface area (Å²) >= 11 is 1.30. The van der Waals surface area contributed by atoms with Crippen LogP contribution < -0.4 is 0 Å². The monoisotopic (exact) mass is 736 g/mol. The van der Waals surface area contributed by atoms with Gasteiger partial charge in [0, 0.05) is 0 Å². The third-order valence-electron chi connectivity index (χ3n) is 7.79. The Bertz CT molecular complexity index is 1260. The van der Waals surface area contributed by atoms with Crippen LogP contribution in [0.25, 0.3) is 11.1 Å². The van der Waals surface area contributed by atoms with Gasteiger partial charge in [0.05, 0.1) is 0 Å². The van der Waals surface area contributed by atoms with Gasteiger partial charge in [-0.2, -0.15) is 84.3 Å². The molecular weight excluding hydrogens is 679 g/mol. The second kappa shape index (κ2) is 21.4. The van der Waals surface area contributed by atoms with E-state index in [1.165, 1.54) is 75.2 Å². The summed E-state index contributed by atoms with van der Waals surface area (Å²) in [6.45, 7) is 30.0. The number of benzene rings is 3. The molecule has 2 aliphatic rings. The quantitative estimate of drug-likeness (QED) is 0.180. The zero-order valence-electron chi connectivity index (χ0n) is 30.8. The van der Waals surface area contributed by atoms with Crippen LogP contribution in [0.5, 0.6) is 0 Å². The Labute approximate surface area is 312 Å². The fourth-order valence-electron chi connectivity index (χ4n) is 5.19. The number of allylic oxidation sites excluding steroid dienone is 4. The molecule has 0 fully saturated rings. The SMILES string of the molecule is CC(C)(C)c1c[c-]c2c(c1)-c1cc(C(C)(C)C)ccc1C2.CCC1=[C-]C(CC)C=C1C(C)(C)C.Cl.Cl.[CH2-]C.[CH2]=[Zr].[c-]1ccccc1. The van der Waals surface area contributed by atoms with Crippen LogP contribution in [-0.4, -0.2) is 4.21 Å². The summed E-state index contributed by atoms with van der Waals surface area (Å²) in [5.74, 6) is 0.573. The fraction of sp³-hybridized carbons (Fsp3) is 0.442. The molecule has 5 rings (SSSR count). The van der Waals surface area contributed by atoms with Crippen molar-refractivity contribution in [2.24, 2.45) is 11.3 Å². The van der Waals surface area contributed by atoms with Gasteiger partial charge in [0.1, 0.15) is 0 Å². The maximum absolute atomic E-state index is 3.57.